The molecule has 0 spiro atoms. The Morgan fingerprint density at radius 2 is 1.10 bits per heavy atom. The zero-order valence-electron chi connectivity index (χ0n) is 31.0. The van der Waals surface area contributed by atoms with E-state index in [4.69, 9.17) is 14.8 Å². The molecule has 5 N–H and O–H groups in total. The van der Waals surface area contributed by atoms with Crippen LogP contribution in [0.15, 0.2) is 36.5 Å². The fraction of sp³-hybridized carbons (Fsp3) is 0.821. The first-order valence-corrected chi connectivity index (χ1v) is 21.1. The van der Waals surface area contributed by atoms with Gasteiger partial charge in [0.25, 0.3) is 0 Å². The molecule has 0 bridgehead atoms. The molecule has 9 heteroatoms. The van der Waals surface area contributed by atoms with Crippen molar-refractivity contribution in [3.05, 3.63) is 36.5 Å². The second-order valence-electron chi connectivity index (χ2n) is 13.1. The Kier molecular flexibility index (Phi) is 34.6. The molecule has 0 aromatic heterocycles. The number of hydrogen-bond acceptors (Lipinski definition) is 6. The molecular formula is C39H75N2O6P. The predicted molar refractivity (Wildman–Crippen MR) is 203 cm³/mol. The van der Waals surface area contributed by atoms with Gasteiger partial charge in [-0.1, -0.05) is 147 Å². The van der Waals surface area contributed by atoms with Crippen molar-refractivity contribution in [1.82, 2.24) is 5.32 Å². The van der Waals surface area contributed by atoms with Crippen molar-refractivity contribution >= 4 is 13.7 Å². The van der Waals surface area contributed by atoms with Crippen LogP contribution in [0, 0.1) is 0 Å². The monoisotopic (exact) mass is 699 g/mol. The number of hydrogen-bond donors (Lipinski definition) is 4. The van der Waals surface area contributed by atoms with Gasteiger partial charge < -0.3 is 21.1 Å². The van der Waals surface area contributed by atoms with E-state index in [1.165, 1.54) is 103 Å². The molecule has 0 aliphatic heterocycles. The molecule has 0 aromatic carbocycles. The largest absolute Gasteiger partial charge is 0.472 e. The number of phosphoric ester groups is 1. The highest BCUT2D eigenvalue weighted by Crippen LogP contribution is 2.43. The summed E-state index contributed by atoms with van der Waals surface area (Å²) >= 11 is 0. The fourth-order valence-corrected chi connectivity index (χ4v) is 6.19. The molecule has 0 saturated heterocycles. The number of unbranched alkanes of at least 4 members (excludes halogenated alkanes) is 20. The molecule has 0 aromatic rings. The number of amides is 1. The Balaban J connectivity index is 4.37. The van der Waals surface area contributed by atoms with E-state index in [-0.39, 0.29) is 25.7 Å². The van der Waals surface area contributed by atoms with E-state index in [9.17, 15) is 19.4 Å². The van der Waals surface area contributed by atoms with E-state index in [2.05, 4.69) is 43.5 Å². The Hall–Kier alpha value is -1.28. The highest BCUT2D eigenvalue weighted by Gasteiger charge is 2.26. The van der Waals surface area contributed by atoms with Crippen LogP contribution in [0.5, 0.6) is 0 Å². The van der Waals surface area contributed by atoms with Gasteiger partial charge in [0.05, 0.1) is 25.4 Å². The molecule has 3 atom stereocenters. The average Bonchev–Trinajstić information content (AvgIpc) is 3.07. The van der Waals surface area contributed by atoms with Gasteiger partial charge in [0, 0.05) is 13.0 Å². The third kappa shape index (κ3) is 33.2. The SMILES string of the molecule is CCCCCCC/C=C\CCCCCCCC(=O)NC(COP(=O)(O)OCCN)C(O)/C=C/CC/C=C/CCCCCCCCCCC. The van der Waals surface area contributed by atoms with Gasteiger partial charge in [-0.05, 0) is 57.8 Å². The highest BCUT2D eigenvalue weighted by atomic mass is 31.2. The number of nitrogens with two attached hydrogens (primary N) is 1. The van der Waals surface area contributed by atoms with Crippen molar-refractivity contribution in [3.63, 3.8) is 0 Å². The number of phosphoric acid groups is 1. The van der Waals surface area contributed by atoms with E-state index in [1.54, 1.807) is 6.08 Å². The minimum Gasteiger partial charge on any atom is -0.387 e. The van der Waals surface area contributed by atoms with Crippen LogP contribution in [0.2, 0.25) is 0 Å². The summed E-state index contributed by atoms with van der Waals surface area (Å²) in [6, 6.07) is -0.878. The Morgan fingerprint density at radius 3 is 1.60 bits per heavy atom. The molecule has 0 fully saturated rings. The summed E-state index contributed by atoms with van der Waals surface area (Å²) in [6.45, 7) is 4.08. The maximum absolute atomic E-state index is 12.7. The first-order chi connectivity index (χ1) is 23.4. The lowest BCUT2D eigenvalue weighted by molar-refractivity contribution is -0.123. The molecule has 8 nitrogen and oxygen atoms in total. The maximum Gasteiger partial charge on any atom is 0.472 e. The smallest absolute Gasteiger partial charge is 0.387 e. The first kappa shape index (κ1) is 46.7. The molecule has 0 aliphatic rings. The summed E-state index contributed by atoms with van der Waals surface area (Å²) in [5.41, 5.74) is 5.35. The number of carbonyl (C=O) groups excluding carboxylic acids is 1. The van der Waals surface area contributed by atoms with Crippen molar-refractivity contribution < 1.29 is 28.4 Å². The van der Waals surface area contributed by atoms with Gasteiger partial charge in [-0.2, -0.15) is 0 Å². The van der Waals surface area contributed by atoms with Crippen LogP contribution in [-0.2, 0) is 18.4 Å². The molecule has 0 radical (unpaired) electrons. The standard InChI is InChI=1S/C39H75N2O6P/c1-3-5-7-9-11-13-15-17-19-20-22-24-26-28-30-32-38(42)37(36-47-48(44,45)46-35-34-40)41-39(43)33-31-29-27-25-23-21-18-16-14-12-10-8-6-4-2/h16,18,22,24,30,32,37-38,42H,3-15,17,19-21,23,25-29,31,33-36,40H2,1-2H3,(H,41,43)(H,44,45)/b18-16-,24-22+,32-30+. The van der Waals surface area contributed by atoms with Crippen LogP contribution in [0.1, 0.15) is 174 Å². The minimum absolute atomic E-state index is 0.0724. The molecule has 0 aliphatic carbocycles. The van der Waals surface area contributed by atoms with Crippen LogP contribution in [0.25, 0.3) is 0 Å². The molecule has 48 heavy (non-hydrogen) atoms. The second-order valence-corrected chi connectivity index (χ2v) is 14.6. The van der Waals surface area contributed by atoms with Crippen LogP contribution in [0.4, 0.5) is 0 Å². The first-order valence-electron chi connectivity index (χ1n) is 19.6. The molecule has 0 heterocycles. The lowest BCUT2D eigenvalue weighted by atomic mass is 10.1. The van der Waals surface area contributed by atoms with E-state index in [1.807, 2.05) is 6.08 Å². The number of aliphatic hydroxyl groups is 1. The zero-order valence-corrected chi connectivity index (χ0v) is 31.9. The van der Waals surface area contributed by atoms with Gasteiger partial charge >= 0.3 is 7.82 Å². The Morgan fingerprint density at radius 1 is 0.667 bits per heavy atom. The number of rotatable bonds is 36. The van der Waals surface area contributed by atoms with Crippen LogP contribution in [-0.4, -0.2) is 47.8 Å². The lowest BCUT2D eigenvalue weighted by Gasteiger charge is -2.23. The van der Waals surface area contributed by atoms with E-state index < -0.39 is 20.0 Å². The van der Waals surface area contributed by atoms with Crippen molar-refractivity contribution in [3.8, 4) is 0 Å². The predicted octanol–water partition coefficient (Wildman–Crippen LogP) is 10.4. The van der Waals surface area contributed by atoms with Crippen molar-refractivity contribution in [2.75, 3.05) is 19.8 Å². The third-order valence-electron chi connectivity index (χ3n) is 8.44. The summed E-state index contributed by atoms with van der Waals surface area (Å²) in [4.78, 5) is 22.6. The normalized spacial score (nSPS) is 14.7. The van der Waals surface area contributed by atoms with Crippen molar-refractivity contribution in [2.24, 2.45) is 5.73 Å². The zero-order chi connectivity index (χ0) is 35.4. The molecule has 0 saturated carbocycles. The minimum atomic E-state index is -4.34. The highest BCUT2D eigenvalue weighted by molar-refractivity contribution is 7.47. The number of aliphatic hydroxyl groups excluding tert-OH is 1. The van der Waals surface area contributed by atoms with Crippen LogP contribution >= 0.6 is 7.82 Å². The average molecular weight is 699 g/mol. The summed E-state index contributed by atoms with van der Waals surface area (Å²) in [6.07, 6.45) is 40.4. The number of nitrogens with one attached hydrogen (secondary N) is 1. The number of allylic oxidation sites excluding steroid dienone is 5. The van der Waals surface area contributed by atoms with Gasteiger partial charge in [0.2, 0.25) is 5.91 Å². The fourth-order valence-electron chi connectivity index (χ4n) is 5.43. The van der Waals surface area contributed by atoms with Crippen LogP contribution < -0.4 is 11.1 Å². The van der Waals surface area contributed by atoms with Gasteiger partial charge in [-0.3, -0.25) is 13.8 Å². The second kappa shape index (κ2) is 35.5. The lowest BCUT2D eigenvalue weighted by Crippen LogP contribution is -2.45. The molecule has 0 rings (SSSR count). The molecule has 3 unspecified atom stereocenters. The summed E-state index contributed by atoms with van der Waals surface area (Å²) in [7, 11) is -4.34. The van der Waals surface area contributed by atoms with E-state index >= 15 is 0 Å². The van der Waals surface area contributed by atoms with E-state index in [0.717, 1.165) is 51.4 Å². The Bertz CT molecular complexity index is 850. The summed E-state index contributed by atoms with van der Waals surface area (Å²) < 4.78 is 22.0. The van der Waals surface area contributed by atoms with Gasteiger partial charge in [0.1, 0.15) is 0 Å². The summed E-state index contributed by atoms with van der Waals surface area (Å²) in [5, 5.41) is 13.6. The molecule has 282 valence electrons. The van der Waals surface area contributed by atoms with Gasteiger partial charge in [-0.25, -0.2) is 4.57 Å². The topological polar surface area (TPSA) is 131 Å². The van der Waals surface area contributed by atoms with Crippen LogP contribution in [0.3, 0.4) is 0 Å². The van der Waals surface area contributed by atoms with Crippen molar-refractivity contribution in [2.45, 2.75) is 187 Å². The Labute approximate surface area is 295 Å². The maximum atomic E-state index is 12.7. The van der Waals surface area contributed by atoms with Gasteiger partial charge in [0.15, 0.2) is 0 Å². The summed E-state index contributed by atoms with van der Waals surface area (Å²) in [5.74, 6) is -0.215. The quantitative estimate of drug-likeness (QED) is 0.0291. The van der Waals surface area contributed by atoms with E-state index in [0.29, 0.717) is 6.42 Å². The third-order valence-corrected chi connectivity index (χ3v) is 9.42. The molecular weight excluding hydrogens is 623 g/mol. The van der Waals surface area contributed by atoms with Crippen molar-refractivity contribution in [1.29, 1.82) is 0 Å². The molecule has 1 amide bonds. The van der Waals surface area contributed by atoms with Gasteiger partial charge in [-0.15, -0.1) is 0 Å². The number of carbonyl (C=O) groups is 1.